The van der Waals surface area contributed by atoms with Gasteiger partial charge in [-0.2, -0.15) is 5.48 Å². The van der Waals surface area contributed by atoms with E-state index >= 15 is 0 Å². The fourth-order valence-electron chi connectivity index (χ4n) is 0.818. The number of aromatic nitrogens is 1. The minimum atomic E-state index is -0.359. The van der Waals surface area contributed by atoms with Gasteiger partial charge in [-0.05, 0) is 6.92 Å². The van der Waals surface area contributed by atoms with Crippen LogP contribution in [0.2, 0.25) is 0 Å². The number of carbonyl (C=O) groups is 1. The van der Waals surface area contributed by atoms with Crippen LogP contribution in [0, 0.1) is 6.92 Å². The van der Waals surface area contributed by atoms with Crippen LogP contribution >= 0.6 is 0 Å². The molecule has 1 amide bonds. The highest BCUT2D eigenvalue weighted by molar-refractivity contribution is 5.71. The molecule has 1 heterocycles. The van der Waals surface area contributed by atoms with E-state index in [-0.39, 0.29) is 17.1 Å². The van der Waals surface area contributed by atoms with Crippen molar-refractivity contribution in [2.75, 3.05) is 0 Å². The molecule has 0 fully saturated rings. The first-order valence-corrected chi connectivity index (χ1v) is 3.73. The molecule has 13 heavy (non-hydrogen) atoms. The lowest BCUT2D eigenvalue weighted by molar-refractivity contribution is -0.125. The molecule has 0 aliphatic heterocycles. The Labute approximate surface area is 74.7 Å². The van der Waals surface area contributed by atoms with Crippen molar-refractivity contribution in [3.05, 3.63) is 28.2 Å². The molecule has 0 bridgehead atoms. The normalized spacial score (nSPS) is 9.38. The van der Waals surface area contributed by atoms with Crippen LogP contribution < -0.4 is 15.7 Å². The number of hydrogen-bond donors (Lipinski definition) is 2. The van der Waals surface area contributed by atoms with Gasteiger partial charge in [-0.1, -0.05) is 0 Å². The van der Waals surface area contributed by atoms with Gasteiger partial charge < -0.3 is 9.82 Å². The van der Waals surface area contributed by atoms with Gasteiger partial charge in [0.05, 0.1) is 5.69 Å². The molecule has 0 saturated heterocycles. The van der Waals surface area contributed by atoms with Gasteiger partial charge in [0.2, 0.25) is 17.1 Å². The van der Waals surface area contributed by atoms with Gasteiger partial charge >= 0.3 is 0 Å². The lowest BCUT2D eigenvalue weighted by Crippen LogP contribution is -2.27. The Morgan fingerprint density at radius 2 is 2.31 bits per heavy atom. The zero-order valence-electron chi connectivity index (χ0n) is 7.38. The van der Waals surface area contributed by atoms with Crippen LogP contribution in [0.15, 0.2) is 17.1 Å². The van der Waals surface area contributed by atoms with Crippen LogP contribution in [0.4, 0.5) is 0 Å². The van der Waals surface area contributed by atoms with Crippen LogP contribution in [0.25, 0.3) is 0 Å². The molecule has 0 spiro atoms. The summed E-state index contributed by atoms with van der Waals surface area (Å²) in [6.45, 7) is 2.98. The van der Waals surface area contributed by atoms with Crippen LogP contribution in [0.1, 0.15) is 12.6 Å². The second-order valence-corrected chi connectivity index (χ2v) is 2.56. The maximum Gasteiger partial charge on any atom is 0.249 e. The number of hydrogen-bond acceptors (Lipinski definition) is 3. The molecule has 5 heteroatoms. The van der Waals surface area contributed by atoms with Gasteiger partial charge in [-0.3, -0.25) is 9.59 Å². The Hall–Kier alpha value is -1.78. The number of hydroxylamine groups is 1. The van der Waals surface area contributed by atoms with Crippen molar-refractivity contribution >= 4 is 5.91 Å². The summed E-state index contributed by atoms with van der Waals surface area (Å²) in [6, 6.07) is 1.32. The summed E-state index contributed by atoms with van der Waals surface area (Å²) in [6.07, 6.45) is 1.51. The predicted octanol–water partition coefficient (Wildman–Crippen LogP) is 0.113. The van der Waals surface area contributed by atoms with Crippen LogP contribution in [0.5, 0.6) is 5.75 Å². The zero-order chi connectivity index (χ0) is 9.84. The minimum Gasteiger partial charge on any atom is -0.373 e. The summed E-state index contributed by atoms with van der Waals surface area (Å²) in [5, 5.41) is 0. The fourth-order valence-corrected chi connectivity index (χ4v) is 0.818. The van der Waals surface area contributed by atoms with Gasteiger partial charge in [-0.25, -0.2) is 0 Å². The molecule has 0 radical (unpaired) electrons. The Balaban J connectivity index is 2.87. The largest absolute Gasteiger partial charge is 0.373 e. The van der Waals surface area contributed by atoms with E-state index in [9.17, 15) is 9.59 Å². The van der Waals surface area contributed by atoms with Gasteiger partial charge in [0.15, 0.2) is 0 Å². The average Bonchev–Trinajstić information content (AvgIpc) is 2.03. The van der Waals surface area contributed by atoms with E-state index in [4.69, 9.17) is 4.84 Å². The van der Waals surface area contributed by atoms with Gasteiger partial charge in [0, 0.05) is 19.2 Å². The van der Waals surface area contributed by atoms with E-state index in [1.165, 1.54) is 19.2 Å². The smallest absolute Gasteiger partial charge is 0.249 e. The highest BCUT2D eigenvalue weighted by Crippen LogP contribution is 2.05. The number of aryl methyl sites for hydroxylation is 1. The van der Waals surface area contributed by atoms with Crippen molar-refractivity contribution in [1.29, 1.82) is 0 Å². The third-order valence-electron chi connectivity index (χ3n) is 1.40. The summed E-state index contributed by atoms with van der Waals surface area (Å²) < 4.78 is 0. The summed E-state index contributed by atoms with van der Waals surface area (Å²) in [5.74, 6) is -0.250. The van der Waals surface area contributed by atoms with E-state index < -0.39 is 0 Å². The van der Waals surface area contributed by atoms with Gasteiger partial charge in [0.25, 0.3) is 0 Å². The maximum atomic E-state index is 11.2. The Bertz CT molecular complexity index is 370. The number of pyridine rings is 1. The van der Waals surface area contributed by atoms with E-state index in [0.717, 1.165) is 0 Å². The molecule has 70 valence electrons. The Morgan fingerprint density at radius 3 is 2.85 bits per heavy atom. The van der Waals surface area contributed by atoms with Crippen molar-refractivity contribution in [3.63, 3.8) is 0 Å². The van der Waals surface area contributed by atoms with Crippen molar-refractivity contribution < 1.29 is 9.63 Å². The first kappa shape index (κ1) is 9.31. The molecule has 0 aliphatic carbocycles. The standard InChI is InChI=1S/C8H10N2O3/c1-5-8(13-10-6(2)11)7(12)3-4-9-5/h3-4H,1-2H3,(H,9,12)(H,10,11). The van der Waals surface area contributed by atoms with Crippen molar-refractivity contribution in [1.82, 2.24) is 10.5 Å². The third kappa shape index (κ3) is 2.33. The van der Waals surface area contributed by atoms with E-state index in [1.807, 2.05) is 0 Å². The zero-order valence-corrected chi connectivity index (χ0v) is 7.38. The molecular formula is C8H10N2O3. The molecule has 0 unspecified atom stereocenters. The number of nitrogens with one attached hydrogen (secondary N) is 2. The Morgan fingerprint density at radius 1 is 1.62 bits per heavy atom. The van der Waals surface area contributed by atoms with Crippen LogP contribution in [0.3, 0.4) is 0 Å². The van der Waals surface area contributed by atoms with Crippen molar-refractivity contribution in [2.24, 2.45) is 0 Å². The fraction of sp³-hybridized carbons (Fsp3) is 0.250. The number of rotatable bonds is 2. The number of carbonyl (C=O) groups excluding carboxylic acids is 1. The minimum absolute atomic E-state index is 0.109. The number of H-pyrrole nitrogens is 1. The van der Waals surface area contributed by atoms with Crippen molar-refractivity contribution in [3.8, 4) is 5.75 Å². The monoisotopic (exact) mass is 182 g/mol. The molecule has 0 saturated carbocycles. The quantitative estimate of drug-likeness (QED) is 0.638. The lowest BCUT2D eigenvalue weighted by atomic mass is 10.3. The van der Waals surface area contributed by atoms with E-state index in [1.54, 1.807) is 6.92 Å². The molecule has 1 aromatic rings. The lowest BCUT2D eigenvalue weighted by Gasteiger charge is -2.05. The van der Waals surface area contributed by atoms with Crippen LogP contribution in [-0.4, -0.2) is 10.9 Å². The second kappa shape index (κ2) is 3.75. The first-order chi connectivity index (χ1) is 6.11. The van der Waals surface area contributed by atoms with Crippen LogP contribution in [-0.2, 0) is 4.79 Å². The molecule has 5 nitrogen and oxygen atoms in total. The van der Waals surface area contributed by atoms with Gasteiger partial charge in [0.1, 0.15) is 0 Å². The highest BCUT2D eigenvalue weighted by atomic mass is 16.7. The molecule has 1 aromatic heterocycles. The number of amides is 1. The summed E-state index contributed by atoms with van der Waals surface area (Å²) in [7, 11) is 0. The average molecular weight is 182 g/mol. The molecule has 0 atom stereocenters. The van der Waals surface area contributed by atoms with E-state index in [0.29, 0.717) is 5.69 Å². The maximum absolute atomic E-state index is 11.2. The number of aromatic amines is 1. The summed E-state index contributed by atoms with van der Waals surface area (Å²) in [4.78, 5) is 29.2. The first-order valence-electron chi connectivity index (χ1n) is 3.73. The second-order valence-electron chi connectivity index (χ2n) is 2.56. The van der Waals surface area contributed by atoms with Gasteiger partial charge in [-0.15, -0.1) is 0 Å². The third-order valence-corrected chi connectivity index (χ3v) is 1.40. The molecular weight excluding hydrogens is 172 g/mol. The molecule has 0 aliphatic rings. The summed E-state index contributed by atoms with van der Waals surface area (Å²) >= 11 is 0. The van der Waals surface area contributed by atoms with Crippen molar-refractivity contribution in [2.45, 2.75) is 13.8 Å². The van der Waals surface area contributed by atoms with E-state index in [2.05, 4.69) is 10.5 Å². The summed E-state index contributed by atoms with van der Waals surface area (Å²) in [5.41, 5.74) is 2.38. The Kier molecular flexibility index (Phi) is 2.69. The topological polar surface area (TPSA) is 71.2 Å². The molecule has 2 N–H and O–H groups in total. The highest BCUT2D eigenvalue weighted by Gasteiger charge is 2.04. The SMILES string of the molecule is CC(=O)NOc1c(C)[nH]ccc1=O. The molecule has 0 aromatic carbocycles. The predicted molar refractivity (Wildman–Crippen MR) is 46.2 cm³/mol. The molecule has 1 rings (SSSR count).